The molecule has 0 heterocycles. The van der Waals surface area contributed by atoms with E-state index in [4.69, 9.17) is 5.73 Å². The van der Waals surface area contributed by atoms with Crippen LogP contribution in [0.25, 0.3) is 0 Å². The monoisotopic (exact) mass is 311 g/mol. The van der Waals surface area contributed by atoms with Crippen molar-refractivity contribution in [2.45, 2.75) is 4.90 Å². The van der Waals surface area contributed by atoms with Crippen molar-refractivity contribution in [1.82, 2.24) is 0 Å². The van der Waals surface area contributed by atoms with E-state index in [-0.39, 0.29) is 11.4 Å². The van der Waals surface area contributed by atoms with Gasteiger partial charge in [0, 0.05) is 5.69 Å². The zero-order valence-electron chi connectivity index (χ0n) is 10.5. The molecule has 0 aromatic heterocycles. The highest BCUT2D eigenvalue weighted by Gasteiger charge is 2.28. The second kappa shape index (κ2) is 5.37. The Morgan fingerprint density at radius 2 is 1.76 bits per heavy atom. The van der Waals surface area contributed by atoms with Crippen LogP contribution in [0.2, 0.25) is 0 Å². The average Bonchev–Trinajstić information content (AvgIpc) is 2.40. The molecule has 9 heteroatoms. The summed E-state index contributed by atoms with van der Waals surface area (Å²) in [6.07, 6.45) is 0. The van der Waals surface area contributed by atoms with Crippen LogP contribution in [0.4, 0.5) is 21.5 Å². The van der Waals surface area contributed by atoms with Crippen molar-refractivity contribution in [1.29, 1.82) is 0 Å². The largest absolute Gasteiger partial charge is 0.393 e. The number of rotatable bonds is 4. The molecule has 0 aliphatic carbocycles. The van der Waals surface area contributed by atoms with Crippen LogP contribution in [0.15, 0.2) is 47.4 Å². The van der Waals surface area contributed by atoms with Crippen molar-refractivity contribution in [3.8, 4) is 0 Å². The van der Waals surface area contributed by atoms with E-state index in [9.17, 15) is 22.9 Å². The van der Waals surface area contributed by atoms with Crippen molar-refractivity contribution in [3.63, 3.8) is 0 Å². The minimum Gasteiger partial charge on any atom is -0.393 e. The van der Waals surface area contributed by atoms with E-state index < -0.39 is 31.3 Å². The van der Waals surface area contributed by atoms with Gasteiger partial charge in [-0.05, 0) is 36.4 Å². The van der Waals surface area contributed by atoms with Gasteiger partial charge in [0.1, 0.15) is 11.5 Å². The van der Waals surface area contributed by atoms with Gasteiger partial charge in [0.2, 0.25) is 0 Å². The quantitative estimate of drug-likeness (QED) is 0.510. The van der Waals surface area contributed by atoms with Crippen LogP contribution < -0.4 is 10.5 Å². The molecule has 0 atom stereocenters. The summed E-state index contributed by atoms with van der Waals surface area (Å²) in [6, 6.07) is 8.12. The average molecular weight is 311 g/mol. The summed E-state index contributed by atoms with van der Waals surface area (Å²) in [6.45, 7) is 0. The van der Waals surface area contributed by atoms with Gasteiger partial charge in [-0.15, -0.1) is 0 Å². The normalized spacial score (nSPS) is 11.1. The number of hydrogen-bond acceptors (Lipinski definition) is 5. The molecule has 0 aliphatic rings. The van der Waals surface area contributed by atoms with Crippen LogP contribution in [0, 0.1) is 15.9 Å². The second-order valence-corrected chi connectivity index (χ2v) is 5.71. The van der Waals surface area contributed by atoms with Gasteiger partial charge >= 0.3 is 5.69 Å². The van der Waals surface area contributed by atoms with E-state index in [1.54, 1.807) is 0 Å². The van der Waals surface area contributed by atoms with E-state index >= 15 is 0 Å². The van der Waals surface area contributed by atoms with E-state index in [0.717, 1.165) is 18.2 Å². The van der Waals surface area contributed by atoms with Gasteiger partial charge in [-0.3, -0.25) is 14.8 Å². The molecule has 0 radical (unpaired) electrons. The summed E-state index contributed by atoms with van der Waals surface area (Å²) in [4.78, 5) is 9.55. The molecule has 0 unspecified atom stereocenters. The van der Waals surface area contributed by atoms with Crippen LogP contribution in [-0.2, 0) is 10.0 Å². The maximum atomic E-state index is 12.8. The molecule has 0 bridgehead atoms. The molecule has 110 valence electrons. The summed E-state index contributed by atoms with van der Waals surface area (Å²) in [5.74, 6) is -0.534. The number of anilines is 2. The smallest absolute Gasteiger partial charge is 0.312 e. The highest BCUT2D eigenvalue weighted by Crippen LogP contribution is 2.30. The molecule has 2 rings (SSSR count). The summed E-state index contributed by atoms with van der Waals surface area (Å²) in [5.41, 5.74) is 4.56. The number of nitrogens with one attached hydrogen (secondary N) is 1. The molecule has 0 fully saturated rings. The molecule has 3 N–H and O–H groups in total. The van der Waals surface area contributed by atoms with Crippen molar-refractivity contribution < 1.29 is 17.7 Å². The molecule has 21 heavy (non-hydrogen) atoms. The molecule has 0 saturated heterocycles. The first-order valence-electron chi connectivity index (χ1n) is 5.62. The standard InChI is InChI=1S/C12H10FN3O4S/c13-8-4-6-9(7-5-8)15-21(19,20)11-3-1-2-10(14)12(11)16(17)18/h1-7,15H,14H2. The third kappa shape index (κ3) is 3.08. The fourth-order valence-corrected chi connectivity index (χ4v) is 2.94. The zero-order valence-corrected chi connectivity index (χ0v) is 11.3. The number of sulfonamides is 1. The topological polar surface area (TPSA) is 115 Å². The number of benzene rings is 2. The highest BCUT2D eigenvalue weighted by atomic mass is 32.2. The van der Waals surface area contributed by atoms with Crippen molar-refractivity contribution in [3.05, 3.63) is 58.4 Å². The van der Waals surface area contributed by atoms with Gasteiger partial charge < -0.3 is 5.73 Å². The lowest BCUT2D eigenvalue weighted by atomic mass is 10.3. The Bertz CT molecular complexity index is 791. The van der Waals surface area contributed by atoms with Crippen molar-refractivity contribution >= 4 is 27.1 Å². The molecule has 7 nitrogen and oxygen atoms in total. The molecule has 0 aliphatic heterocycles. The predicted octanol–water partition coefficient (Wildman–Crippen LogP) is 2.12. The molecule has 2 aromatic rings. The SMILES string of the molecule is Nc1cccc(S(=O)(=O)Nc2ccc(F)cc2)c1[N+](=O)[O-]. The molecular formula is C12H10FN3O4S. The Balaban J connectivity index is 2.47. The third-order valence-corrected chi connectivity index (χ3v) is 4.01. The van der Waals surface area contributed by atoms with E-state index in [1.807, 2.05) is 0 Å². The lowest BCUT2D eigenvalue weighted by molar-refractivity contribution is -0.386. The molecule has 0 spiro atoms. The van der Waals surface area contributed by atoms with Crippen molar-refractivity contribution in [2.75, 3.05) is 10.5 Å². The fraction of sp³-hybridized carbons (Fsp3) is 0. The summed E-state index contributed by atoms with van der Waals surface area (Å²) in [5, 5.41) is 11.0. The van der Waals surface area contributed by atoms with Gasteiger partial charge in [-0.2, -0.15) is 0 Å². The summed E-state index contributed by atoms with van der Waals surface area (Å²) < 4.78 is 39.3. The lowest BCUT2D eigenvalue weighted by Crippen LogP contribution is -2.15. The number of para-hydroxylation sites is 1. The first-order chi connectivity index (χ1) is 9.81. The summed E-state index contributed by atoms with van der Waals surface area (Å²) >= 11 is 0. The number of nitro groups is 1. The molecule has 0 saturated carbocycles. The van der Waals surface area contributed by atoms with E-state index in [2.05, 4.69) is 4.72 Å². The number of nitrogens with two attached hydrogens (primary N) is 1. The summed E-state index contributed by atoms with van der Waals surface area (Å²) in [7, 11) is -4.22. The highest BCUT2D eigenvalue weighted by molar-refractivity contribution is 7.92. The number of nitrogens with zero attached hydrogens (tertiary/aromatic N) is 1. The lowest BCUT2D eigenvalue weighted by Gasteiger charge is -2.09. The van der Waals surface area contributed by atoms with Gasteiger partial charge in [0.15, 0.2) is 4.90 Å². The first kappa shape index (κ1) is 14.7. The molecule has 2 aromatic carbocycles. The van der Waals surface area contributed by atoms with Crippen molar-refractivity contribution in [2.24, 2.45) is 0 Å². The van der Waals surface area contributed by atoms with Crippen LogP contribution in [0.5, 0.6) is 0 Å². The Hall–Kier alpha value is -2.68. The Labute approximate surface area is 119 Å². The maximum absolute atomic E-state index is 12.8. The number of halogens is 1. The van der Waals surface area contributed by atoms with Gasteiger partial charge in [0.25, 0.3) is 10.0 Å². The number of nitro benzene ring substituents is 1. The van der Waals surface area contributed by atoms with Gasteiger partial charge in [-0.1, -0.05) is 6.07 Å². The second-order valence-electron chi connectivity index (χ2n) is 4.06. The van der Waals surface area contributed by atoms with Gasteiger partial charge in [0.05, 0.1) is 4.92 Å². The van der Waals surface area contributed by atoms with Crippen LogP contribution in [0.3, 0.4) is 0 Å². The van der Waals surface area contributed by atoms with Crippen LogP contribution in [-0.4, -0.2) is 13.3 Å². The van der Waals surface area contributed by atoms with Gasteiger partial charge in [-0.25, -0.2) is 12.8 Å². The third-order valence-electron chi connectivity index (χ3n) is 2.60. The minimum atomic E-state index is -4.22. The molecular weight excluding hydrogens is 301 g/mol. The Morgan fingerprint density at radius 1 is 1.14 bits per heavy atom. The Kier molecular flexibility index (Phi) is 3.76. The number of hydrogen-bond donors (Lipinski definition) is 2. The van der Waals surface area contributed by atoms with Crippen LogP contribution in [0.1, 0.15) is 0 Å². The van der Waals surface area contributed by atoms with E-state index in [1.165, 1.54) is 24.3 Å². The van der Waals surface area contributed by atoms with Crippen LogP contribution >= 0.6 is 0 Å². The number of nitrogen functional groups attached to an aromatic ring is 1. The fourth-order valence-electron chi connectivity index (χ4n) is 1.68. The zero-order chi connectivity index (χ0) is 15.6. The Morgan fingerprint density at radius 3 is 2.33 bits per heavy atom. The first-order valence-corrected chi connectivity index (χ1v) is 7.11. The minimum absolute atomic E-state index is 0.0770. The predicted molar refractivity (Wildman–Crippen MR) is 74.7 cm³/mol. The molecule has 0 amide bonds. The van der Waals surface area contributed by atoms with E-state index in [0.29, 0.717) is 0 Å². The maximum Gasteiger partial charge on any atom is 0.312 e.